The number of pyridine rings is 1. The maximum atomic E-state index is 14.2. The first-order valence-corrected chi connectivity index (χ1v) is 16.4. The van der Waals surface area contributed by atoms with Crippen LogP contribution < -0.4 is 0 Å². The topological polar surface area (TPSA) is 84.0 Å². The summed E-state index contributed by atoms with van der Waals surface area (Å²) < 4.78 is 37.3. The molecule has 250 valence electrons. The first-order chi connectivity index (χ1) is 22.1. The lowest BCUT2D eigenvalue weighted by molar-refractivity contribution is -0.290. The molecule has 8 heteroatoms. The number of benzene rings is 2. The molecule has 1 fully saturated rings. The largest absolute Gasteiger partial charge is 0.465 e. The quantitative estimate of drug-likeness (QED) is 0.238. The van der Waals surface area contributed by atoms with E-state index in [0.717, 1.165) is 64.0 Å². The Balaban J connectivity index is 1.63. The Labute approximate surface area is 277 Å². The van der Waals surface area contributed by atoms with Crippen molar-refractivity contribution in [3.05, 3.63) is 82.3 Å². The number of carbonyl (C=O) groups is 2. The molecule has 3 aromatic rings. The molecule has 0 N–H and O–H groups in total. The number of nitrogens with zero attached hydrogens (tertiary/aromatic N) is 1. The Morgan fingerprint density at radius 1 is 1.09 bits per heavy atom. The number of carbonyl (C=O) groups excluding carboxylic acids is 2. The molecule has 1 aliphatic heterocycles. The molecule has 1 aliphatic carbocycles. The molecule has 0 bridgehead atoms. The van der Waals surface area contributed by atoms with Crippen LogP contribution in [0.5, 0.6) is 0 Å². The van der Waals surface area contributed by atoms with Gasteiger partial charge in [0.1, 0.15) is 11.4 Å². The highest BCUT2D eigenvalue weighted by molar-refractivity contribution is 5.92. The van der Waals surface area contributed by atoms with E-state index in [9.17, 15) is 14.0 Å². The number of esters is 2. The fourth-order valence-corrected chi connectivity index (χ4v) is 6.56. The number of hydrogen-bond donors (Lipinski definition) is 0. The lowest BCUT2D eigenvalue weighted by atomic mass is 9.86. The van der Waals surface area contributed by atoms with Crippen LogP contribution in [0.25, 0.3) is 28.5 Å². The number of methoxy groups -OCH3 is 1. The minimum Gasteiger partial charge on any atom is -0.465 e. The van der Waals surface area contributed by atoms with Crippen LogP contribution in [0, 0.1) is 5.82 Å². The summed E-state index contributed by atoms with van der Waals surface area (Å²) in [6, 6.07) is 12.3. The summed E-state index contributed by atoms with van der Waals surface area (Å²) in [6.45, 7) is 13.5. The molecule has 2 heterocycles. The van der Waals surface area contributed by atoms with Gasteiger partial charge in [0, 0.05) is 17.5 Å². The van der Waals surface area contributed by atoms with E-state index in [1.807, 2.05) is 71.0 Å². The summed E-state index contributed by atoms with van der Waals surface area (Å²) in [5.74, 6) is -1.88. The van der Waals surface area contributed by atoms with Crippen molar-refractivity contribution in [2.45, 2.75) is 110 Å². The summed E-state index contributed by atoms with van der Waals surface area (Å²) in [5, 5.41) is 0. The molecule has 47 heavy (non-hydrogen) atoms. The van der Waals surface area contributed by atoms with Gasteiger partial charge in [-0.1, -0.05) is 44.2 Å². The van der Waals surface area contributed by atoms with Crippen molar-refractivity contribution in [1.29, 1.82) is 0 Å². The third-order valence-electron chi connectivity index (χ3n) is 8.38. The fourth-order valence-electron chi connectivity index (χ4n) is 6.56. The van der Waals surface area contributed by atoms with E-state index in [-0.39, 0.29) is 36.3 Å². The van der Waals surface area contributed by atoms with Crippen LogP contribution in [0.15, 0.2) is 48.5 Å². The normalized spacial score (nSPS) is 19.2. The molecule has 0 radical (unpaired) electrons. The molecule has 2 aliphatic rings. The Morgan fingerprint density at radius 2 is 1.81 bits per heavy atom. The zero-order valence-corrected chi connectivity index (χ0v) is 28.7. The van der Waals surface area contributed by atoms with E-state index < -0.39 is 17.4 Å². The van der Waals surface area contributed by atoms with Crippen LogP contribution in [-0.4, -0.2) is 47.6 Å². The Kier molecular flexibility index (Phi) is 10.0. The van der Waals surface area contributed by atoms with E-state index in [2.05, 4.69) is 19.9 Å². The minimum absolute atomic E-state index is 0.0432. The van der Waals surface area contributed by atoms with Crippen LogP contribution in [-0.2, 0) is 36.6 Å². The molecular weight excluding hydrogens is 597 g/mol. The second kappa shape index (κ2) is 13.7. The van der Waals surface area contributed by atoms with Crippen LogP contribution in [0.4, 0.5) is 4.39 Å². The standard InChI is InChI=1S/C39H46FNO6/c1-23(2)35-31(19-18-28-21-29(46-39(6,7)45-28)22-33(42)47-38(3,4)5)34(25-14-16-27(40)17-15-25)30-11-9-10-24-12-13-26(37(43)44-8)20-32(24)36(30)41-35/h12-20,23,28-29H,9-11,21-22H2,1-8H3/b19-18+/t28-,29-/m1/s1. The van der Waals surface area contributed by atoms with Gasteiger partial charge in [0.15, 0.2) is 5.79 Å². The van der Waals surface area contributed by atoms with E-state index in [4.69, 9.17) is 23.9 Å². The Hall–Kier alpha value is -3.88. The van der Waals surface area contributed by atoms with Gasteiger partial charge < -0.3 is 18.9 Å². The summed E-state index contributed by atoms with van der Waals surface area (Å²) in [4.78, 5) is 30.5. The number of rotatable bonds is 7. The molecule has 0 saturated carbocycles. The number of fused-ring (bicyclic) bond motifs is 3. The summed E-state index contributed by atoms with van der Waals surface area (Å²) >= 11 is 0. The van der Waals surface area contributed by atoms with Crippen molar-refractivity contribution in [2.24, 2.45) is 0 Å². The molecular formula is C39H46FNO6. The van der Waals surface area contributed by atoms with Gasteiger partial charge in [-0.3, -0.25) is 9.78 Å². The lowest BCUT2D eigenvalue weighted by Crippen LogP contribution is -2.45. The molecule has 0 amide bonds. The number of aryl methyl sites for hydroxylation is 1. The molecule has 1 aromatic heterocycles. The Bertz CT molecular complexity index is 1670. The van der Waals surface area contributed by atoms with Gasteiger partial charge in [0.25, 0.3) is 0 Å². The van der Waals surface area contributed by atoms with Crippen molar-refractivity contribution in [3.63, 3.8) is 0 Å². The average Bonchev–Trinajstić information content (AvgIpc) is 3.16. The first-order valence-electron chi connectivity index (χ1n) is 16.4. The predicted molar refractivity (Wildman–Crippen MR) is 180 cm³/mol. The molecule has 2 atom stereocenters. The molecule has 5 rings (SSSR count). The summed E-state index contributed by atoms with van der Waals surface area (Å²) in [5.41, 5.74) is 7.52. The molecule has 0 spiro atoms. The monoisotopic (exact) mass is 643 g/mol. The second-order valence-electron chi connectivity index (χ2n) is 14.2. The van der Waals surface area contributed by atoms with Gasteiger partial charge in [-0.05, 0) is 106 Å². The van der Waals surface area contributed by atoms with Gasteiger partial charge in [-0.15, -0.1) is 0 Å². The number of ether oxygens (including phenoxy) is 4. The van der Waals surface area contributed by atoms with Gasteiger partial charge >= 0.3 is 11.9 Å². The average molecular weight is 644 g/mol. The van der Waals surface area contributed by atoms with Gasteiger partial charge in [0.05, 0.1) is 42.7 Å². The summed E-state index contributed by atoms with van der Waals surface area (Å²) in [7, 11) is 1.38. The highest BCUT2D eigenvalue weighted by Crippen LogP contribution is 2.42. The zero-order chi connectivity index (χ0) is 34.1. The van der Waals surface area contributed by atoms with E-state index >= 15 is 0 Å². The fraction of sp³-hybridized carbons (Fsp3) is 0.462. The van der Waals surface area contributed by atoms with E-state index in [1.165, 1.54) is 19.2 Å². The zero-order valence-electron chi connectivity index (χ0n) is 28.7. The SMILES string of the molecule is COC(=O)c1ccc2c(c1)-c1nc(C(C)C)c(/C=C/[C@@H]3C[C@H](CC(=O)OC(C)(C)C)OC(C)(C)O3)c(-c3ccc(F)cc3)c1CCC2. The van der Waals surface area contributed by atoms with Crippen molar-refractivity contribution in [3.8, 4) is 22.4 Å². The van der Waals surface area contributed by atoms with Gasteiger partial charge in [-0.2, -0.15) is 0 Å². The maximum Gasteiger partial charge on any atom is 0.337 e. The smallest absolute Gasteiger partial charge is 0.337 e. The number of hydrogen-bond acceptors (Lipinski definition) is 7. The lowest BCUT2D eigenvalue weighted by Gasteiger charge is -2.40. The highest BCUT2D eigenvalue weighted by atomic mass is 19.1. The second-order valence-corrected chi connectivity index (χ2v) is 14.2. The summed E-state index contributed by atoms with van der Waals surface area (Å²) in [6.07, 6.45) is 6.45. The molecule has 2 aromatic carbocycles. The van der Waals surface area contributed by atoms with Crippen LogP contribution in [0.2, 0.25) is 0 Å². The van der Waals surface area contributed by atoms with Crippen LogP contribution in [0.3, 0.4) is 0 Å². The third kappa shape index (κ3) is 8.17. The minimum atomic E-state index is -0.909. The third-order valence-corrected chi connectivity index (χ3v) is 8.38. The Morgan fingerprint density at radius 3 is 2.47 bits per heavy atom. The van der Waals surface area contributed by atoms with Gasteiger partial charge in [0.2, 0.25) is 0 Å². The maximum absolute atomic E-state index is 14.2. The van der Waals surface area contributed by atoms with Crippen molar-refractivity contribution < 1.29 is 32.9 Å². The predicted octanol–water partition coefficient (Wildman–Crippen LogP) is 8.61. The van der Waals surface area contributed by atoms with E-state index in [0.29, 0.717) is 12.0 Å². The van der Waals surface area contributed by atoms with Crippen LogP contribution >= 0.6 is 0 Å². The molecule has 0 unspecified atom stereocenters. The number of aromatic nitrogens is 1. The highest BCUT2D eigenvalue weighted by Gasteiger charge is 2.36. The van der Waals surface area contributed by atoms with Gasteiger partial charge in [-0.25, -0.2) is 9.18 Å². The van der Waals surface area contributed by atoms with E-state index in [1.54, 1.807) is 0 Å². The number of halogens is 1. The van der Waals surface area contributed by atoms with Crippen LogP contribution in [0.1, 0.15) is 106 Å². The molecule has 7 nitrogen and oxygen atoms in total. The van der Waals surface area contributed by atoms with Crippen molar-refractivity contribution in [2.75, 3.05) is 7.11 Å². The van der Waals surface area contributed by atoms with Crippen molar-refractivity contribution >= 4 is 18.0 Å². The molecule has 1 saturated heterocycles. The first kappa shape index (κ1) is 34.5. The van der Waals surface area contributed by atoms with Crippen molar-refractivity contribution in [1.82, 2.24) is 4.98 Å².